The van der Waals surface area contributed by atoms with Crippen molar-refractivity contribution in [2.75, 3.05) is 0 Å². The molecule has 1 aromatic heterocycles. The molecule has 0 fully saturated rings. The van der Waals surface area contributed by atoms with Crippen LogP contribution in [0.25, 0.3) is 5.57 Å². The maximum Gasteiger partial charge on any atom is 0.154 e. The fourth-order valence-electron chi connectivity index (χ4n) is 1.90. The Labute approximate surface area is 104 Å². The third kappa shape index (κ3) is 2.59. The molecule has 0 aliphatic heterocycles. The molecule has 0 bridgehead atoms. The van der Waals surface area contributed by atoms with Gasteiger partial charge in [0.1, 0.15) is 5.83 Å². The molecule has 4 heteroatoms. The number of hydrogen-bond donors (Lipinski definition) is 2. The number of aliphatic hydroxyl groups excluding tert-OH is 1. The summed E-state index contributed by atoms with van der Waals surface area (Å²) in [5.74, 6) is -0.921. The van der Waals surface area contributed by atoms with Crippen LogP contribution in [0, 0.1) is 5.82 Å². The summed E-state index contributed by atoms with van der Waals surface area (Å²) in [6, 6.07) is 0. The van der Waals surface area contributed by atoms with Crippen LogP contribution in [0.15, 0.2) is 36.3 Å². The fourth-order valence-corrected chi connectivity index (χ4v) is 1.90. The summed E-state index contributed by atoms with van der Waals surface area (Å²) in [4.78, 5) is 2.69. The first-order valence-electron chi connectivity index (χ1n) is 5.93. The average Bonchev–Trinajstić information content (AvgIpc) is 2.76. The smallest absolute Gasteiger partial charge is 0.154 e. The first-order valence-corrected chi connectivity index (χ1v) is 5.93. The second kappa shape index (κ2) is 5.78. The Hall–Kier alpha value is -1.68. The highest BCUT2D eigenvalue weighted by molar-refractivity contribution is 5.74. The summed E-state index contributed by atoms with van der Waals surface area (Å²) in [5.41, 5.74) is 0.468. The van der Waals surface area contributed by atoms with Gasteiger partial charge in [0.05, 0.1) is 12.3 Å². The van der Waals surface area contributed by atoms with E-state index in [9.17, 15) is 8.78 Å². The number of aromatic nitrogens is 1. The zero-order valence-electron chi connectivity index (χ0n) is 9.92. The third-order valence-corrected chi connectivity index (χ3v) is 2.90. The van der Waals surface area contributed by atoms with Crippen molar-refractivity contribution < 1.29 is 13.9 Å². The Bertz CT molecular complexity index is 512. The van der Waals surface area contributed by atoms with E-state index in [0.29, 0.717) is 6.42 Å². The molecular weight excluding hydrogens is 236 g/mol. The summed E-state index contributed by atoms with van der Waals surface area (Å²) >= 11 is 0. The maximum atomic E-state index is 14.0. The standard InChI is InChI=1S/C14H15F2NO/c15-12-7-5-3-1-2-4-6-11(12)14-13(16)10(9-18)8-17-14/h1-2,4,6,8,17-18H,3,5,7,9H2. The van der Waals surface area contributed by atoms with Gasteiger partial charge in [-0.15, -0.1) is 0 Å². The largest absolute Gasteiger partial charge is 0.392 e. The predicted molar refractivity (Wildman–Crippen MR) is 66.8 cm³/mol. The predicted octanol–water partition coefficient (Wildman–Crippen LogP) is 3.62. The molecule has 0 radical (unpaired) electrons. The van der Waals surface area contributed by atoms with Crippen molar-refractivity contribution in [1.82, 2.24) is 4.98 Å². The molecule has 96 valence electrons. The number of halogens is 2. The quantitative estimate of drug-likeness (QED) is 0.827. The van der Waals surface area contributed by atoms with Gasteiger partial charge < -0.3 is 10.1 Å². The van der Waals surface area contributed by atoms with Gasteiger partial charge in [0.2, 0.25) is 0 Å². The highest BCUT2D eigenvalue weighted by Gasteiger charge is 2.16. The molecule has 0 unspecified atom stereocenters. The number of aromatic amines is 1. The monoisotopic (exact) mass is 251 g/mol. The van der Waals surface area contributed by atoms with Crippen molar-refractivity contribution in [2.45, 2.75) is 25.9 Å². The van der Waals surface area contributed by atoms with E-state index in [1.54, 1.807) is 12.2 Å². The molecule has 0 amide bonds. The van der Waals surface area contributed by atoms with Crippen LogP contribution in [0.1, 0.15) is 30.5 Å². The van der Waals surface area contributed by atoms with Crippen molar-refractivity contribution >= 4 is 5.57 Å². The molecule has 0 aromatic carbocycles. The van der Waals surface area contributed by atoms with Gasteiger partial charge in [0.15, 0.2) is 5.82 Å². The van der Waals surface area contributed by atoms with Gasteiger partial charge in [0.25, 0.3) is 0 Å². The van der Waals surface area contributed by atoms with Crippen LogP contribution >= 0.6 is 0 Å². The molecule has 2 N–H and O–H groups in total. The van der Waals surface area contributed by atoms with E-state index in [4.69, 9.17) is 5.11 Å². The zero-order chi connectivity index (χ0) is 13.0. The zero-order valence-corrected chi connectivity index (χ0v) is 9.92. The number of allylic oxidation sites excluding steroid dienone is 6. The van der Waals surface area contributed by atoms with Gasteiger partial charge >= 0.3 is 0 Å². The number of rotatable bonds is 2. The molecule has 0 saturated heterocycles. The minimum absolute atomic E-state index is 0.100. The molecule has 18 heavy (non-hydrogen) atoms. The summed E-state index contributed by atoms with van der Waals surface area (Å²) < 4.78 is 27.9. The Morgan fingerprint density at radius 3 is 2.83 bits per heavy atom. The molecule has 0 saturated carbocycles. The molecule has 2 rings (SSSR count). The molecule has 1 aliphatic rings. The van der Waals surface area contributed by atoms with Crippen molar-refractivity contribution in [1.29, 1.82) is 0 Å². The molecule has 1 heterocycles. The highest BCUT2D eigenvalue weighted by Crippen LogP contribution is 2.28. The summed E-state index contributed by atoms with van der Waals surface area (Å²) in [5, 5.41) is 8.94. The van der Waals surface area contributed by atoms with Crippen molar-refractivity contribution in [3.63, 3.8) is 0 Å². The van der Waals surface area contributed by atoms with E-state index >= 15 is 0 Å². The number of nitrogens with one attached hydrogen (secondary N) is 1. The van der Waals surface area contributed by atoms with Crippen LogP contribution in [0.5, 0.6) is 0 Å². The topological polar surface area (TPSA) is 36.0 Å². The van der Waals surface area contributed by atoms with Crippen molar-refractivity contribution in [3.8, 4) is 0 Å². The summed E-state index contributed by atoms with van der Waals surface area (Å²) in [7, 11) is 0. The molecule has 1 aromatic rings. The van der Waals surface area contributed by atoms with E-state index in [-0.39, 0.29) is 29.1 Å². The lowest BCUT2D eigenvalue weighted by Gasteiger charge is -2.03. The summed E-state index contributed by atoms with van der Waals surface area (Å²) in [6.45, 7) is -0.402. The van der Waals surface area contributed by atoms with Gasteiger partial charge in [-0.3, -0.25) is 0 Å². The SMILES string of the molecule is OCc1c[nH]c(C2=C(F)CCCC=CC=C2)c1F. The van der Waals surface area contributed by atoms with Gasteiger partial charge in [-0.1, -0.05) is 24.3 Å². The maximum absolute atomic E-state index is 14.0. The summed E-state index contributed by atoms with van der Waals surface area (Å²) in [6.07, 6.45) is 10.2. The van der Waals surface area contributed by atoms with E-state index in [1.165, 1.54) is 6.20 Å². The van der Waals surface area contributed by atoms with Crippen LogP contribution in [-0.4, -0.2) is 10.1 Å². The van der Waals surface area contributed by atoms with Gasteiger partial charge in [-0.25, -0.2) is 8.78 Å². The lowest BCUT2D eigenvalue weighted by Crippen LogP contribution is -1.91. The molecular formula is C14H15F2NO. The Morgan fingerprint density at radius 1 is 1.28 bits per heavy atom. The number of aliphatic hydroxyl groups is 1. The Kier molecular flexibility index (Phi) is 4.10. The van der Waals surface area contributed by atoms with Crippen LogP contribution in [0.2, 0.25) is 0 Å². The normalized spacial score (nSPS) is 16.6. The van der Waals surface area contributed by atoms with Crippen LogP contribution < -0.4 is 0 Å². The van der Waals surface area contributed by atoms with E-state index in [2.05, 4.69) is 4.98 Å². The number of hydrogen-bond acceptors (Lipinski definition) is 1. The first kappa shape index (κ1) is 12.8. The minimum atomic E-state index is -0.587. The fraction of sp³-hybridized carbons (Fsp3) is 0.286. The van der Waals surface area contributed by atoms with Crippen LogP contribution in [0.4, 0.5) is 8.78 Å². The van der Waals surface area contributed by atoms with Gasteiger partial charge in [-0.05, 0) is 12.8 Å². The van der Waals surface area contributed by atoms with Gasteiger partial charge in [0, 0.05) is 23.8 Å². The van der Waals surface area contributed by atoms with Gasteiger partial charge in [-0.2, -0.15) is 0 Å². The third-order valence-electron chi connectivity index (χ3n) is 2.90. The lowest BCUT2D eigenvalue weighted by molar-refractivity contribution is 0.276. The van der Waals surface area contributed by atoms with Crippen molar-refractivity contribution in [3.05, 3.63) is 53.4 Å². The van der Waals surface area contributed by atoms with E-state index in [0.717, 1.165) is 6.42 Å². The van der Waals surface area contributed by atoms with E-state index < -0.39 is 12.4 Å². The Balaban J connectivity index is 2.44. The minimum Gasteiger partial charge on any atom is -0.392 e. The first-order chi connectivity index (χ1) is 8.74. The van der Waals surface area contributed by atoms with Crippen LogP contribution in [-0.2, 0) is 6.61 Å². The Morgan fingerprint density at radius 2 is 2.11 bits per heavy atom. The highest BCUT2D eigenvalue weighted by atomic mass is 19.1. The molecule has 0 atom stereocenters. The van der Waals surface area contributed by atoms with Crippen molar-refractivity contribution in [2.24, 2.45) is 0 Å². The number of H-pyrrole nitrogens is 1. The molecule has 0 spiro atoms. The average molecular weight is 251 g/mol. The van der Waals surface area contributed by atoms with Crippen LogP contribution in [0.3, 0.4) is 0 Å². The molecule has 2 nitrogen and oxygen atoms in total. The van der Waals surface area contributed by atoms with E-state index in [1.807, 2.05) is 12.2 Å². The lowest BCUT2D eigenvalue weighted by atomic mass is 10.1. The molecule has 1 aliphatic carbocycles. The second-order valence-electron chi connectivity index (χ2n) is 4.16. The second-order valence-corrected chi connectivity index (χ2v) is 4.16.